The van der Waals surface area contributed by atoms with Gasteiger partial charge in [0.1, 0.15) is 6.54 Å². The molecule has 0 N–H and O–H groups in total. The van der Waals surface area contributed by atoms with Crippen LogP contribution in [-0.4, -0.2) is 76.0 Å². The fourth-order valence-electron chi connectivity index (χ4n) is 4.72. The summed E-state index contributed by atoms with van der Waals surface area (Å²) in [4.78, 5) is 48.1. The maximum atomic E-state index is 12.6. The van der Waals surface area contributed by atoms with Gasteiger partial charge in [0.15, 0.2) is 6.10 Å². The zero-order valence-corrected chi connectivity index (χ0v) is 25.3. The number of Topliss-reactive ketones (excluding diaryl/α,β-unsaturated/α-hetero) is 2. The molecule has 9 heteroatoms. The molecule has 0 heterocycles. The molecule has 1 aliphatic rings. The summed E-state index contributed by atoms with van der Waals surface area (Å²) in [6.45, 7) is 2.10. The lowest BCUT2D eigenvalue weighted by Gasteiger charge is -2.29. The van der Waals surface area contributed by atoms with Crippen LogP contribution in [0.4, 0.5) is 0 Å². The van der Waals surface area contributed by atoms with Gasteiger partial charge in [0.25, 0.3) is 0 Å². The highest BCUT2D eigenvalue weighted by molar-refractivity contribution is 6.23. The minimum absolute atomic E-state index is 0.00586. The third kappa shape index (κ3) is 13.4. The fraction of sp³-hybridized carbons (Fsp3) is 0.677. The smallest absolute Gasteiger partial charge is 0.306 e. The second-order valence-corrected chi connectivity index (χ2v) is 11.4. The van der Waals surface area contributed by atoms with Crippen molar-refractivity contribution in [1.29, 1.82) is 0 Å². The normalized spacial score (nSPS) is 15.2. The van der Waals surface area contributed by atoms with Gasteiger partial charge in [0.05, 0.1) is 35.4 Å². The van der Waals surface area contributed by atoms with Crippen LogP contribution in [0.2, 0.25) is 0 Å². The summed E-state index contributed by atoms with van der Waals surface area (Å²) in [6.07, 6.45) is 14.1. The third-order valence-corrected chi connectivity index (χ3v) is 6.75. The molecule has 0 spiro atoms. The van der Waals surface area contributed by atoms with Crippen LogP contribution in [-0.2, 0) is 33.4 Å². The van der Waals surface area contributed by atoms with Gasteiger partial charge < -0.3 is 28.6 Å². The Morgan fingerprint density at radius 2 is 1.35 bits per heavy atom. The predicted octanol–water partition coefficient (Wildman–Crippen LogP) is 3.95. The van der Waals surface area contributed by atoms with Crippen molar-refractivity contribution < 1.29 is 43.0 Å². The molecule has 0 aromatic heterocycles. The Morgan fingerprint density at radius 1 is 0.825 bits per heavy atom. The number of nitrogens with zero attached hydrogens (tertiary/aromatic N) is 1. The van der Waals surface area contributed by atoms with Crippen molar-refractivity contribution in [3.05, 3.63) is 34.8 Å². The minimum Gasteiger partial charge on any atom is -0.550 e. The second kappa shape index (κ2) is 18.4. The highest BCUT2D eigenvalue weighted by Gasteiger charge is 2.34. The molecule has 0 amide bonds. The number of carbonyl (C=O) groups excluding carboxylic acids is 4. The van der Waals surface area contributed by atoms with Gasteiger partial charge in [0, 0.05) is 30.0 Å². The van der Waals surface area contributed by atoms with Gasteiger partial charge in [-0.1, -0.05) is 37.8 Å². The summed E-state index contributed by atoms with van der Waals surface area (Å²) >= 11 is 0. The van der Waals surface area contributed by atoms with Gasteiger partial charge in [-0.05, 0) is 51.9 Å². The topological polar surface area (TPSA) is 119 Å². The quantitative estimate of drug-likeness (QED) is 0.0677. The van der Waals surface area contributed by atoms with Crippen LogP contribution in [0.5, 0.6) is 0 Å². The maximum Gasteiger partial charge on any atom is 0.306 e. The Kier molecular flexibility index (Phi) is 16.2. The average Bonchev–Trinajstić information content (AvgIpc) is 2.86. The van der Waals surface area contributed by atoms with Crippen molar-refractivity contribution in [2.75, 3.05) is 41.9 Å². The van der Waals surface area contributed by atoms with Crippen molar-refractivity contribution in [3.63, 3.8) is 0 Å². The van der Waals surface area contributed by atoms with E-state index in [1.54, 1.807) is 6.92 Å². The molecule has 0 saturated carbocycles. The first-order chi connectivity index (χ1) is 18.9. The van der Waals surface area contributed by atoms with E-state index < -0.39 is 12.1 Å². The molecule has 1 unspecified atom stereocenters. The van der Waals surface area contributed by atoms with Crippen molar-refractivity contribution in [3.8, 4) is 0 Å². The monoisotopic (exact) mass is 563 g/mol. The third-order valence-electron chi connectivity index (χ3n) is 6.75. The number of carbonyl (C=O) groups is 4. The van der Waals surface area contributed by atoms with Crippen molar-refractivity contribution in [2.24, 2.45) is 0 Å². The molecule has 0 saturated heterocycles. The molecular formula is C31H49NO8. The number of allylic oxidation sites excluding steroid dienone is 4. The Morgan fingerprint density at radius 3 is 1.90 bits per heavy atom. The lowest BCUT2D eigenvalue weighted by atomic mass is 9.89. The molecule has 0 fully saturated rings. The second-order valence-electron chi connectivity index (χ2n) is 11.4. The van der Waals surface area contributed by atoms with E-state index in [0.717, 1.165) is 64.2 Å². The largest absolute Gasteiger partial charge is 0.550 e. The zero-order valence-electron chi connectivity index (χ0n) is 25.3. The van der Waals surface area contributed by atoms with Gasteiger partial charge in [-0.15, -0.1) is 0 Å². The van der Waals surface area contributed by atoms with E-state index in [0.29, 0.717) is 35.0 Å². The summed E-state index contributed by atoms with van der Waals surface area (Å²) in [6, 6.07) is 0. The number of likely N-dealkylation sites (N-methyl/N-ethyl adjacent to an activating group) is 1. The predicted molar refractivity (Wildman–Crippen MR) is 151 cm³/mol. The zero-order chi connectivity index (χ0) is 30.1. The van der Waals surface area contributed by atoms with Gasteiger partial charge in [0.2, 0.25) is 23.1 Å². The first-order valence-corrected chi connectivity index (χ1v) is 14.4. The van der Waals surface area contributed by atoms with E-state index in [9.17, 15) is 24.3 Å². The number of hydrogen-bond acceptors (Lipinski definition) is 8. The summed E-state index contributed by atoms with van der Waals surface area (Å²) in [7, 11) is 8.51. The number of ketones is 2. The number of rotatable bonds is 21. The van der Waals surface area contributed by atoms with E-state index in [1.807, 2.05) is 21.1 Å². The Labute approximate surface area is 239 Å². The summed E-state index contributed by atoms with van der Waals surface area (Å²) in [5.74, 6) is -2.11. The highest BCUT2D eigenvalue weighted by atomic mass is 16.5. The molecule has 0 radical (unpaired) electrons. The Bertz CT molecular complexity index is 955. The SMILES string of the molecule is COC1=C(OC)C(=O)C(CCCCC/C=C\CCCCCCCC(=O)OC(CC(=O)[O-])C[N+](C)(C)C)=C(C)C1=O. The summed E-state index contributed by atoms with van der Waals surface area (Å²) < 4.78 is 16.1. The summed E-state index contributed by atoms with van der Waals surface area (Å²) in [5, 5.41) is 10.9. The van der Waals surface area contributed by atoms with Crippen molar-refractivity contribution >= 4 is 23.5 Å². The van der Waals surface area contributed by atoms with E-state index >= 15 is 0 Å². The molecule has 0 bridgehead atoms. The molecule has 226 valence electrons. The molecule has 0 aliphatic heterocycles. The van der Waals surface area contributed by atoms with Crippen molar-refractivity contribution in [1.82, 2.24) is 0 Å². The van der Waals surface area contributed by atoms with Crippen molar-refractivity contribution in [2.45, 2.75) is 96.5 Å². The number of esters is 1. The number of methoxy groups -OCH3 is 2. The number of aliphatic carboxylic acids is 1. The number of ether oxygens (including phenoxy) is 3. The first-order valence-electron chi connectivity index (χ1n) is 14.4. The summed E-state index contributed by atoms with van der Waals surface area (Å²) in [5.41, 5.74) is 0.968. The van der Waals surface area contributed by atoms with Gasteiger partial charge in [-0.2, -0.15) is 0 Å². The van der Waals surface area contributed by atoms with Crippen LogP contribution in [0, 0.1) is 0 Å². The average molecular weight is 564 g/mol. The molecule has 40 heavy (non-hydrogen) atoms. The molecule has 0 aromatic carbocycles. The lowest BCUT2D eigenvalue weighted by Crippen LogP contribution is -2.45. The Hall–Kier alpha value is -2.94. The van der Waals surface area contributed by atoms with Gasteiger partial charge in [-0.3, -0.25) is 14.4 Å². The van der Waals surface area contributed by atoms with E-state index in [1.165, 1.54) is 14.2 Å². The van der Waals surface area contributed by atoms with E-state index in [-0.39, 0.29) is 35.5 Å². The lowest BCUT2D eigenvalue weighted by molar-refractivity contribution is -0.873. The molecular weight excluding hydrogens is 514 g/mol. The minimum atomic E-state index is -1.21. The first kappa shape index (κ1) is 35.1. The van der Waals surface area contributed by atoms with Crippen LogP contribution in [0.15, 0.2) is 34.8 Å². The molecule has 1 rings (SSSR count). The van der Waals surface area contributed by atoms with Crippen LogP contribution in [0.25, 0.3) is 0 Å². The van der Waals surface area contributed by atoms with Crippen LogP contribution in [0.3, 0.4) is 0 Å². The fourth-order valence-corrected chi connectivity index (χ4v) is 4.72. The van der Waals surface area contributed by atoms with Gasteiger partial charge >= 0.3 is 5.97 Å². The number of unbranched alkanes of at least 4 members (excludes halogenated alkanes) is 8. The van der Waals surface area contributed by atoms with E-state index in [4.69, 9.17) is 14.2 Å². The number of quaternary nitrogens is 1. The van der Waals surface area contributed by atoms with Crippen LogP contribution >= 0.6 is 0 Å². The van der Waals surface area contributed by atoms with E-state index in [2.05, 4.69) is 12.2 Å². The number of carboxylic acid groups (broad SMARTS) is 1. The van der Waals surface area contributed by atoms with Gasteiger partial charge in [-0.25, -0.2) is 0 Å². The Balaban J connectivity index is 2.13. The molecule has 0 aromatic rings. The standard InChI is InChI=1S/C31H49NO8/c1-23-25(29(37)31(39-6)30(38-5)28(23)36)19-17-15-13-11-9-7-8-10-12-14-16-18-20-27(35)40-24(21-26(33)34)22-32(2,3)4/h7,9,24H,8,10-22H2,1-6H3/b9-7-. The van der Waals surface area contributed by atoms with Crippen LogP contribution < -0.4 is 5.11 Å². The molecule has 1 aliphatic carbocycles. The maximum absolute atomic E-state index is 12.6. The number of carboxylic acids is 1. The van der Waals surface area contributed by atoms with Crippen LogP contribution in [0.1, 0.15) is 90.4 Å². The molecule has 1 atom stereocenters. The molecule has 9 nitrogen and oxygen atoms in total. The highest BCUT2D eigenvalue weighted by Crippen LogP contribution is 2.28. The number of hydrogen-bond donors (Lipinski definition) is 0.